The quantitative estimate of drug-likeness (QED) is 0.891. The lowest BCUT2D eigenvalue weighted by Gasteiger charge is -2.16. The molecule has 0 radical (unpaired) electrons. The summed E-state index contributed by atoms with van der Waals surface area (Å²) in [6.45, 7) is 0.593. The van der Waals surface area contributed by atoms with Gasteiger partial charge in [-0.1, -0.05) is 6.07 Å². The molecule has 0 aliphatic heterocycles. The van der Waals surface area contributed by atoms with Gasteiger partial charge in [-0.3, -0.25) is 4.98 Å². The van der Waals surface area contributed by atoms with E-state index in [2.05, 4.69) is 10.3 Å². The molecule has 4 nitrogen and oxygen atoms in total. The van der Waals surface area contributed by atoms with Crippen LogP contribution in [0.25, 0.3) is 0 Å². The average molecular weight is 356 g/mol. The largest absolute Gasteiger partial charge is 0.501 e. The van der Waals surface area contributed by atoms with E-state index in [4.69, 9.17) is 0 Å². The van der Waals surface area contributed by atoms with E-state index >= 15 is 0 Å². The van der Waals surface area contributed by atoms with Crippen molar-refractivity contribution in [3.05, 3.63) is 54.4 Å². The first-order valence-electron chi connectivity index (χ1n) is 7.31. The average Bonchev–Trinajstić information content (AvgIpc) is 3.34. The van der Waals surface area contributed by atoms with E-state index in [-0.39, 0.29) is 5.41 Å². The van der Waals surface area contributed by atoms with Crippen LogP contribution in [0.15, 0.2) is 53.6 Å². The highest BCUT2D eigenvalue weighted by molar-refractivity contribution is 7.92. The summed E-state index contributed by atoms with van der Waals surface area (Å²) in [6.07, 6.45) is 3.70. The van der Waals surface area contributed by atoms with Crippen molar-refractivity contribution < 1.29 is 21.6 Å². The summed E-state index contributed by atoms with van der Waals surface area (Å²) in [5.41, 5.74) is -3.80. The van der Waals surface area contributed by atoms with Crippen molar-refractivity contribution in [2.75, 3.05) is 11.9 Å². The van der Waals surface area contributed by atoms with Gasteiger partial charge >= 0.3 is 5.51 Å². The molecule has 0 bridgehead atoms. The van der Waals surface area contributed by atoms with Crippen molar-refractivity contribution in [1.29, 1.82) is 0 Å². The van der Waals surface area contributed by atoms with Gasteiger partial charge in [0.05, 0.1) is 4.90 Å². The number of anilines is 1. The first-order valence-corrected chi connectivity index (χ1v) is 8.80. The number of nitrogens with one attached hydrogen (secondary N) is 1. The molecule has 1 heterocycles. The second-order valence-electron chi connectivity index (χ2n) is 5.82. The fourth-order valence-electron chi connectivity index (χ4n) is 2.51. The number of alkyl halides is 3. The number of benzene rings is 1. The lowest BCUT2D eigenvalue weighted by molar-refractivity contribution is -0.0436. The van der Waals surface area contributed by atoms with Crippen LogP contribution in [0.4, 0.5) is 18.9 Å². The number of sulfone groups is 1. The van der Waals surface area contributed by atoms with Crippen LogP contribution >= 0.6 is 0 Å². The van der Waals surface area contributed by atoms with E-state index in [0.29, 0.717) is 12.2 Å². The lowest BCUT2D eigenvalue weighted by atomic mass is 10.0. The Balaban J connectivity index is 1.70. The Morgan fingerprint density at radius 3 is 2.25 bits per heavy atom. The first kappa shape index (κ1) is 16.8. The predicted octanol–water partition coefficient (Wildman–Crippen LogP) is 3.52. The van der Waals surface area contributed by atoms with Gasteiger partial charge in [0.1, 0.15) is 0 Å². The molecule has 1 N–H and O–H groups in total. The van der Waals surface area contributed by atoms with Crippen molar-refractivity contribution in [3.63, 3.8) is 0 Å². The van der Waals surface area contributed by atoms with Gasteiger partial charge < -0.3 is 5.32 Å². The number of halogens is 3. The van der Waals surface area contributed by atoms with Crippen LogP contribution in [0.1, 0.15) is 18.5 Å². The maximum Gasteiger partial charge on any atom is 0.501 e. The van der Waals surface area contributed by atoms with Crippen molar-refractivity contribution in [2.24, 2.45) is 0 Å². The second-order valence-corrected chi connectivity index (χ2v) is 7.76. The molecule has 1 fully saturated rings. The van der Waals surface area contributed by atoms with E-state index < -0.39 is 20.2 Å². The maximum atomic E-state index is 12.5. The summed E-state index contributed by atoms with van der Waals surface area (Å²) in [4.78, 5) is 3.60. The third-order valence-corrected chi connectivity index (χ3v) is 5.66. The third-order valence-electron chi connectivity index (χ3n) is 4.16. The van der Waals surface area contributed by atoms with Crippen LogP contribution in [0.3, 0.4) is 0 Å². The van der Waals surface area contributed by atoms with Gasteiger partial charge in [0.15, 0.2) is 0 Å². The predicted molar refractivity (Wildman–Crippen MR) is 83.3 cm³/mol. The number of hydrogen-bond acceptors (Lipinski definition) is 4. The zero-order valence-electron chi connectivity index (χ0n) is 12.5. The summed E-state index contributed by atoms with van der Waals surface area (Å²) in [7, 11) is -5.30. The highest BCUT2D eigenvalue weighted by atomic mass is 32.2. The molecule has 1 saturated carbocycles. The molecule has 128 valence electrons. The van der Waals surface area contributed by atoms with Crippen LogP contribution in [0.2, 0.25) is 0 Å². The Labute approximate surface area is 137 Å². The molecule has 24 heavy (non-hydrogen) atoms. The molecule has 0 spiro atoms. The van der Waals surface area contributed by atoms with Gasteiger partial charge in [0.25, 0.3) is 9.84 Å². The minimum Gasteiger partial charge on any atom is -0.384 e. The Morgan fingerprint density at radius 1 is 1.08 bits per heavy atom. The van der Waals surface area contributed by atoms with Crippen molar-refractivity contribution in [3.8, 4) is 0 Å². The molecular formula is C16H15F3N2O2S. The molecule has 0 saturated heterocycles. The van der Waals surface area contributed by atoms with Gasteiger partial charge in [-0.05, 0) is 49.2 Å². The molecule has 1 aliphatic rings. The first-order chi connectivity index (χ1) is 11.2. The van der Waals surface area contributed by atoms with Crippen molar-refractivity contribution in [2.45, 2.75) is 28.7 Å². The number of rotatable bonds is 5. The van der Waals surface area contributed by atoms with E-state index in [1.807, 2.05) is 18.2 Å². The normalized spacial score (nSPS) is 16.6. The molecule has 1 aromatic heterocycles. The van der Waals surface area contributed by atoms with E-state index in [1.54, 1.807) is 6.20 Å². The Hall–Kier alpha value is -2.09. The highest BCUT2D eigenvalue weighted by Crippen LogP contribution is 2.47. The summed E-state index contributed by atoms with van der Waals surface area (Å²) < 4.78 is 60.2. The smallest absolute Gasteiger partial charge is 0.384 e. The van der Waals surface area contributed by atoms with Crippen LogP contribution < -0.4 is 5.32 Å². The molecule has 3 rings (SSSR count). The van der Waals surface area contributed by atoms with E-state index in [9.17, 15) is 21.6 Å². The number of aromatic nitrogens is 1. The Bertz CT molecular complexity index is 815. The highest BCUT2D eigenvalue weighted by Gasteiger charge is 2.47. The van der Waals surface area contributed by atoms with Crippen molar-refractivity contribution >= 4 is 15.5 Å². The van der Waals surface area contributed by atoms with Gasteiger partial charge in [0, 0.05) is 29.5 Å². The van der Waals surface area contributed by atoms with Crippen LogP contribution in [0, 0.1) is 0 Å². The standard InChI is InChI=1S/C16H15F3N2O2S/c17-16(18,19)24(22,23)13-6-4-12(5-7-13)21-11-15(8-9-15)14-3-1-2-10-20-14/h1-7,10,21H,8-9,11H2. The molecule has 0 atom stereocenters. The number of nitrogens with zero attached hydrogens (tertiary/aromatic N) is 1. The summed E-state index contributed by atoms with van der Waals surface area (Å²) in [5, 5.41) is 3.15. The summed E-state index contributed by atoms with van der Waals surface area (Å²) in [5.74, 6) is 0. The van der Waals surface area contributed by atoms with Gasteiger partial charge in [-0.25, -0.2) is 8.42 Å². The zero-order valence-corrected chi connectivity index (χ0v) is 13.4. The monoisotopic (exact) mass is 356 g/mol. The summed E-state index contributed by atoms with van der Waals surface area (Å²) in [6, 6.07) is 10.3. The third kappa shape index (κ3) is 3.10. The van der Waals surface area contributed by atoms with Gasteiger partial charge in [-0.2, -0.15) is 13.2 Å². The van der Waals surface area contributed by atoms with E-state index in [1.165, 1.54) is 12.1 Å². The fourth-order valence-corrected chi connectivity index (χ4v) is 3.27. The SMILES string of the molecule is O=S(=O)(c1ccc(NCC2(c3ccccn3)CC2)cc1)C(F)(F)F. The second kappa shape index (κ2) is 5.77. The molecule has 8 heteroatoms. The number of pyridine rings is 1. The molecular weight excluding hydrogens is 341 g/mol. The molecule has 0 unspecified atom stereocenters. The van der Waals surface area contributed by atoms with E-state index in [0.717, 1.165) is 30.7 Å². The fraction of sp³-hybridized carbons (Fsp3) is 0.312. The van der Waals surface area contributed by atoms with Crippen LogP contribution in [0.5, 0.6) is 0 Å². The van der Waals surface area contributed by atoms with Gasteiger partial charge in [0.2, 0.25) is 0 Å². The summed E-state index contributed by atoms with van der Waals surface area (Å²) >= 11 is 0. The lowest BCUT2D eigenvalue weighted by Crippen LogP contribution is -2.23. The minimum atomic E-state index is -5.30. The Morgan fingerprint density at radius 2 is 1.75 bits per heavy atom. The molecule has 1 aromatic carbocycles. The zero-order chi connectivity index (χ0) is 17.4. The topological polar surface area (TPSA) is 59.1 Å². The van der Waals surface area contributed by atoms with Gasteiger partial charge in [-0.15, -0.1) is 0 Å². The Kier molecular flexibility index (Phi) is 4.03. The molecule has 0 amide bonds. The number of hydrogen-bond donors (Lipinski definition) is 1. The van der Waals surface area contributed by atoms with Crippen LogP contribution in [-0.4, -0.2) is 25.5 Å². The van der Waals surface area contributed by atoms with Crippen molar-refractivity contribution in [1.82, 2.24) is 4.98 Å². The maximum absolute atomic E-state index is 12.5. The minimum absolute atomic E-state index is 0.0576. The molecule has 2 aromatic rings. The molecule has 1 aliphatic carbocycles. The van der Waals surface area contributed by atoms with Crippen LogP contribution in [-0.2, 0) is 15.3 Å².